The van der Waals surface area contributed by atoms with Gasteiger partial charge in [0.1, 0.15) is 12.6 Å². The number of hydrogen-bond donors (Lipinski definition) is 1. The number of para-hydroxylation sites is 1. The van der Waals surface area contributed by atoms with Crippen LogP contribution in [0.3, 0.4) is 0 Å². The van der Waals surface area contributed by atoms with Crippen molar-refractivity contribution in [3.8, 4) is 5.75 Å². The highest BCUT2D eigenvalue weighted by atomic mass is 19.1. The van der Waals surface area contributed by atoms with Crippen LogP contribution in [0.15, 0.2) is 24.3 Å². The molecule has 21 heavy (non-hydrogen) atoms. The van der Waals surface area contributed by atoms with E-state index in [-0.39, 0.29) is 23.6 Å². The molecule has 1 heterocycles. The predicted molar refractivity (Wildman–Crippen MR) is 76.8 cm³/mol. The van der Waals surface area contributed by atoms with Gasteiger partial charge in [-0.3, -0.25) is 9.69 Å². The molecular formula is C15H21FN2O3. The second-order valence-corrected chi connectivity index (χ2v) is 4.79. The molecule has 1 fully saturated rings. The van der Waals surface area contributed by atoms with E-state index in [2.05, 4.69) is 5.32 Å². The largest absolute Gasteiger partial charge is 0.489 e. The summed E-state index contributed by atoms with van der Waals surface area (Å²) in [4.78, 5) is 13.9. The Bertz CT molecular complexity index is 470. The number of hydrogen-bond acceptors (Lipinski definition) is 5. The molecule has 5 nitrogen and oxygen atoms in total. The Labute approximate surface area is 124 Å². The number of rotatable bonds is 6. The van der Waals surface area contributed by atoms with Crippen LogP contribution in [-0.2, 0) is 9.53 Å². The predicted octanol–water partition coefficient (Wildman–Crippen LogP) is 1.04. The van der Waals surface area contributed by atoms with Crippen LogP contribution in [0.5, 0.6) is 5.75 Å². The number of piperazine rings is 1. The Morgan fingerprint density at radius 1 is 1.48 bits per heavy atom. The molecule has 1 N–H and O–H groups in total. The van der Waals surface area contributed by atoms with Gasteiger partial charge in [0, 0.05) is 26.2 Å². The van der Waals surface area contributed by atoms with Crippen molar-refractivity contribution in [1.82, 2.24) is 10.2 Å². The molecule has 1 aromatic carbocycles. The first-order valence-electron chi connectivity index (χ1n) is 7.21. The summed E-state index contributed by atoms with van der Waals surface area (Å²) in [6, 6.07) is 6.00. The molecule has 2 rings (SSSR count). The Balaban J connectivity index is 1.85. The molecule has 1 atom stereocenters. The number of nitrogens with zero attached hydrogens (tertiary/aromatic N) is 1. The maximum absolute atomic E-state index is 13.4. The second kappa shape index (κ2) is 7.95. The van der Waals surface area contributed by atoms with Crippen LogP contribution in [0.1, 0.15) is 6.92 Å². The van der Waals surface area contributed by atoms with Gasteiger partial charge in [-0.15, -0.1) is 0 Å². The highest BCUT2D eigenvalue weighted by molar-refractivity contribution is 5.76. The first-order chi connectivity index (χ1) is 10.2. The van der Waals surface area contributed by atoms with E-state index >= 15 is 0 Å². The van der Waals surface area contributed by atoms with Gasteiger partial charge in [-0.1, -0.05) is 12.1 Å². The van der Waals surface area contributed by atoms with Crippen LogP contribution < -0.4 is 10.1 Å². The molecular weight excluding hydrogens is 275 g/mol. The highest BCUT2D eigenvalue weighted by Gasteiger charge is 2.29. The van der Waals surface area contributed by atoms with Gasteiger partial charge < -0.3 is 14.8 Å². The van der Waals surface area contributed by atoms with Gasteiger partial charge in [0.05, 0.1) is 6.61 Å². The summed E-state index contributed by atoms with van der Waals surface area (Å²) < 4.78 is 24.0. The van der Waals surface area contributed by atoms with Crippen LogP contribution in [0.4, 0.5) is 4.39 Å². The van der Waals surface area contributed by atoms with Crippen LogP contribution >= 0.6 is 0 Å². The van der Waals surface area contributed by atoms with Crippen molar-refractivity contribution in [3.63, 3.8) is 0 Å². The van der Waals surface area contributed by atoms with Crippen molar-refractivity contribution in [3.05, 3.63) is 30.1 Å². The third-order valence-corrected chi connectivity index (χ3v) is 3.39. The Morgan fingerprint density at radius 3 is 3.05 bits per heavy atom. The van der Waals surface area contributed by atoms with Gasteiger partial charge in [0.2, 0.25) is 0 Å². The first-order valence-corrected chi connectivity index (χ1v) is 7.21. The van der Waals surface area contributed by atoms with Gasteiger partial charge in [0.25, 0.3) is 0 Å². The molecule has 0 spiro atoms. The fraction of sp³-hybridized carbons (Fsp3) is 0.533. The summed E-state index contributed by atoms with van der Waals surface area (Å²) in [5.74, 6) is -0.365. The van der Waals surface area contributed by atoms with Crippen LogP contribution in [0, 0.1) is 5.82 Å². The fourth-order valence-electron chi connectivity index (χ4n) is 2.32. The molecule has 1 aliphatic heterocycles. The number of nitrogens with one attached hydrogen (secondary N) is 1. The molecule has 0 bridgehead atoms. The Hall–Kier alpha value is -1.66. The Morgan fingerprint density at radius 2 is 2.29 bits per heavy atom. The average molecular weight is 296 g/mol. The van der Waals surface area contributed by atoms with Gasteiger partial charge in [-0.25, -0.2) is 4.39 Å². The van der Waals surface area contributed by atoms with E-state index in [1.54, 1.807) is 25.1 Å². The summed E-state index contributed by atoms with van der Waals surface area (Å²) in [6.07, 6.45) is 0. The fourth-order valence-corrected chi connectivity index (χ4v) is 2.32. The quantitative estimate of drug-likeness (QED) is 0.795. The highest BCUT2D eigenvalue weighted by Crippen LogP contribution is 2.15. The number of benzene rings is 1. The molecule has 0 saturated carbocycles. The van der Waals surface area contributed by atoms with Crippen molar-refractivity contribution in [2.45, 2.75) is 13.0 Å². The van der Waals surface area contributed by atoms with Crippen molar-refractivity contribution in [2.24, 2.45) is 0 Å². The number of carbonyl (C=O) groups excluding carboxylic acids is 1. The third-order valence-electron chi connectivity index (χ3n) is 3.39. The minimum atomic E-state index is -0.375. The van der Waals surface area contributed by atoms with Gasteiger partial charge >= 0.3 is 5.97 Å². The minimum Gasteiger partial charge on any atom is -0.489 e. The molecule has 0 aromatic heterocycles. The van der Waals surface area contributed by atoms with E-state index in [0.717, 1.165) is 13.1 Å². The average Bonchev–Trinajstić information content (AvgIpc) is 2.50. The molecule has 1 aliphatic rings. The van der Waals surface area contributed by atoms with E-state index < -0.39 is 0 Å². The monoisotopic (exact) mass is 296 g/mol. The van der Waals surface area contributed by atoms with Crippen molar-refractivity contribution in [1.29, 1.82) is 0 Å². The zero-order valence-electron chi connectivity index (χ0n) is 12.2. The molecule has 116 valence electrons. The van der Waals surface area contributed by atoms with Gasteiger partial charge in [-0.05, 0) is 19.1 Å². The van der Waals surface area contributed by atoms with Gasteiger partial charge in [-0.2, -0.15) is 0 Å². The van der Waals surface area contributed by atoms with E-state index in [0.29, 0.717) is 26.3 Å². The van der Waals surface area contributed by atoms with E-state index in [1.165, 1.54) is 6.07 Å². The van der Waals surface area contributed by atoms with Crippen LogP contribution in [0.25, 0.3) is 0 Å². The zero-order chi connectivity index (χ0) is 15.1. The number of carbonyl (C=O) groups is 1. The molecule has 0 aliphatic carbocycles. The summed E-state index contributed by atoms with van der Waals surface area (Å²) in [5, 5.41) is 3.18. The molecule has 0 amide bonds. The van der Waals surface area contributed by atoms with Crippen molar-refractivity contribution < 1.29 is 18.7 Å². The lowest BCUT2D eigenvalue weighted by molar-refractivity contribution is -0.150. The smallest absolute Gasteiger partial charge is 0.324 e. The molecule has 1 unspecified atom stereocenters. The number of halogens is 1. The van der Waals surface area contributed by atoms with E-state index in [1.807, 2.05) is 4.90 Å². The van der Waals surface area contributed by atoms with E-state index in [9.17, 15) is 9.18 Å². The van der Waals surface area contributed by atoms with Crippen LogP contribution in [-0.4, -0.2) is 56.3 Å². The SMILES string of the molecule is CCOC(=O)C1CNCCN1CCOc1ccccc1F. The summed E-state index contributed by atoms with van der Waals surface area (Å²) >= 11 is 0. The third kappa shape index (κ3) is 4.41. The molecule has 6 heteroatoms. The second-order valence-electron chi connectivity index (χ2n) is 4.79. The van der Waals surface area contributed by atoms with Crippen molar-refractivity contribution >= 4 is 5.97 Å². The van der Waals surface area contributed by atoms with Crippen LogP contribution in [0.2, 0.25) is 0 Å². The molecule has 1 aromatic rings. The lowest BCUT2D eigenvalue weighted by Crippen LogP contribution is -2.56. The number of esters is 1. The Kier molecular flexibility index (Phi) is 5.95. The summed E-state index contributed by atoms with van der Waals surface area (Å²) in [7, 11) is 0. The minimum absolute atomic E-state index is 0.226. The number of ether oxygens (including phenoxy) is 2. The topological polar surface area (TPSA) is 50.8 Å². The molecule has 0 radical (unpaired) electrons. The van der Waals surface area contributed by atoms with Crippen molar-refractivity contribution in [2.75, 3.05) is 39.4 Å². The van der Waals surface area contributed by atoms with E-state index in [4.69, 9.17) is 9.47 Å². The van der Waals surface area contributed by atoms with Gasteiger partial charge in [0.15, 0.2) is 11.6 Å². The molecule has 1 saturated heterocycles. The first kappa shape index (κ1) is 15.7. The maximum atomic E-state index is 13.4. The standard InChI is InChI=1S/C15H21FN2O3/c1-2-20-15(19)13-11-17-7-8-18(13)9-10-21-14-6-4-3-5-12(14)16/h3-6,13,17H,2,7-11H2,1H3. The zero-order valence-corrected chi connectivity index (χ0v) is 12.2. The lowest BCUT2D eigenvalue weighted by atomic mass is 10.2. The normalized spacial score (nSPS) is 19.2. The maximum Gasteiger partial charge on any atom is 0.324 e. The summed E-state index contributed by atoms with van der Waals surface area (Å²) in [5.41, 5.74) is 0. The lowest BCUT2D eigenvalue weighted by Gasteiger charge is -2.34. The summed E-state index contributed by atoms with van der Waals surface area (Å²) in [6.45, 7) is 5.17.